The topological polar surface area (TPSA) is 97.5 Å². The number of hydrogen-bond donors (Lipinski definition) is 1. The third kappa shape index (κ3) is 4.14. The number of halogens is 2. The first kappa shape index (κ1) is 17.3. The maximum absolute atomic E-state index is 13.8. The van der Waals surface area contributed by atoms with Gasteiger partial charge >= 0.3 is 0 Å². The number of nitrogens with two attached hydrogens (primary N) is 1. The van der Waals surface area contributed by atoms with Crippen molar-refractivity contribution in [1.29, 1.82) is 0 Å². The van der Waals surface area contributed by atoms with Gasteiger partial charge in [-0.25, -0.2) is 21.2 Å². The van der Waals surface area contributed by atoms with Gasteiger partial charge in [0.15, 0.2) is 0 Å². The van der Waals surface area contributed by atoms with E-state index in [1.165, 1.54) is 7.05 Å². The van der Waals surface area contributed by atoms with E-state index in [2.05, 4.69) is 15.9 Å². The third-order valence-electron chi connectivity index (χ3n) is 2.52. The summed E-state index contributed by atoms with van der Waals surface area (Å²) in [6, 6.07) is 1.94. The van der Waals surface area contributed by atoms with E-state index in [-0.39, 0.29) is 22.5 Å². The van der Waals surface area contributed by atoms with Crippen molar-refractivity contribution in [2.75, 3.05) is 31.3 Å². The van der Waals surface area contributed by atoms with Crippen molar-refractivity contribution in [1.82, 2.24) is 4.31 Å². The second-order valence-corrected chi connectivity index (χ2v) is 9.39. The Balaban J connectivity index is 3.14. The van der Waals surface area contributed by atoms with Crippen molar-refractivity contribution in [2.24, 2.45) is 0 Å². The molecule has 6 nitrogen and oxygen atoms in total. The highest BCUT2D eigenvalue weighted by Gasteiger charge is 2.26. The summed E-state index contributed by atoms with van der Waals surface area (Å²) in [7, 11) is -6.28. The predicted molar refractivity (Wildman–Crippen MR) is 78.0 cm³/mol. The number of benzene rings is 1. The number of rotatable bonds is 5. The SMILES string of the molecule is CN(CCS(C)(=O)=O)S(=O)(=O)c1cc(N)c(Br)cc1F. The van der Waals surface area contributed by atoms with Gasteiger partial charge in [-0.15, -0.1) is 0 Å². The van der Waals surface area contributed by atoms with Crippen LogP contribution >= 0.6 is 15.9 Å². The molecule has 10 heteroatoms. The Bertz CT molecular complexity index is 719. The van der Waals surface area contributed by atoms with Crippen LogP contribution in [0.25, 0.3) is 0 Å². The Morgan fingerprint density at radius 2 is 1.85 bits per heavy atom. The standard InChI is InChI=1S/C10H14BrFN2O4S2/c1-14(3-4-19(2,15)16)20(17,18)10-6-9(13)7(11)5-8(10)12/h5-6H,3-4,13H2,1-2H3. The normalized spacial score (nSPS) is 12.8. The quantitative estimate of drug-likeness (QED) is 0.753. The van der Waals surface area contributed by atoms with Crippen LogP contribution in [0.4, 0.5) is 10.1 Å². The van der Waals surface area contributed by atoms with Crippen LogP contribution in [0, 0.1) is 5.82 Å². The van der Waals surface area contributed by atoms with Crippen molar-refractivity contribution >= 4 is 41.5 Å². The number of sulfonamides is 1. The highest BCUT2D eigenvalue weighted by molar-refractivity contribution is 9.10. The van der Waals surface area contributed by atoms with E-state index < -0.39 is 30.6 Å². The lowest BCUT2D eigenvalue weighted by atomic mass is 10.3. The van der Waals surface area contributed by atoms with Crippen LogP contribution in [0.3, 0.4) is 0 Å². The van der Waals surface area contributed by atoms with Gasteiger partial charge in [0.25, 0.3) is 0 Å². The lowest BCUT2D eigenvalue weighted by Crippen LogP contribution is -2.32. The molecule has 1 aromatic rings. The first-order valence-corrected chi connectivity index (χ1v) is 9.63. The molecule has 0 aliphatic heterocycles. The summed E-state index contributed by atoms with van der Waals surface area (Å²) in [6.07, 6.45) is 0.992. The number of nitrogens with zero attached hydrogens (tertiary/aromatic N) is 1. The Kier molecular flexibility index (Phi) is 5.17. The molecule has 20 heavy (non-hydrogen) atoms. The molecule has 0 aromatic heterocycles. The summed E-state index contributed by atoms with van der Waals surface area (Å²) >= 11 is 2.99. The molecule has 0 fully saturated rings. The lowest BCUT2D eigenvalue weighted by molar-refractivity contribution is 0.477. The van der Waals surface area contributed by atoms with Gasteiger partial charge in [-0.2, -0.15) is 4.31 Å². The van der Waals surface area contributed by atoms with Gasteiger partial charge < -0.3 is 5.73 Å². The lowest BCUT2D eigenvalue weighted by Gasteiger charge is -2.17. The maximum atomic E-state index is 13.8. The van der Waals surface area contributed by atoms with Crippen molar-refractivity contribution in [3.8, 4) is 0 Å². The molecule has 0 spiro atoms. The van der Waals surface area contributed by atoms with Gasteiger partial charge in [0, 0.05) is 30.0 Å². The molecule has 0 radical (unpaired) electrons. The van der Waals surface area contributed by atoms with Crippen LogP contribution in [0.15, 0.2) is 21.5 Å². The summed E-state index contributed by atoms with van der Waals surface area (Å²) < 4.78 is 61.2. The van der Waals surface area contributed by atoms with Crippen LogP contribution in [0.2, 0.25) is 0 Å². The van der Waals surface area contributed by atoms with Gasteiger partial charge in [-0.05, 0) is 28.1 Å². The van der Waals surface area contributed by atoms with E-state index in [0.29, 0.717) is 0 Å². The van der Waals surface area contributed by atoms with Gasteiger partial charge in [-0.3, -0.25) is 0 Å². The molecule has 0 heterocycles. The molecule has 0 aliphatic rings. The fraction of sp³-hybridized carbons (Fsp3) is 0.400. The highest BCUT2D eigenvalue weighted by Crippen LogP contribution is 2.27. The average Bonchev–Trinajstić information content (AvgIpc) is 2.29. The minimum absolute atomic E-state index is 0.0708. The first-order valence-electron chi connectivity index (χ1n) is 5.34. The molecule has 0 atom stereocenters. The van der Waals surface area contributed by atoms with Crippen molar-refractivity contribution in [3.05, 3.63) is 22.4 Å². The third-order valence-corrected chi connectivity index (χ3v) is 6.00. The second kappa shape index (κ2) is 5.96. The van der Waals surface area contributed by atoms with E-state index in [0.717, 1.165) is 22.7 Å². The minimum Gasteiger partial charge on any atom is -0.398 e. The van der Waals surface area contributed by atoms with Crippen LogP contribution in [-0.2, 0) is 19.9 Å². The zero-order valence-electron chi connectivity index (χ0n) is 10.8. The largest absolute Gasteiger partial charge is 0.398 e. The van der Waals surface area contributed by atoms with Gasteiger partial charge in [0.05, 0.1) is 5.75 Å². The van der Waals surface area contributed by atoms with Crippen LogP contribution in [0.1, 0.15) is 0 Å². The van der Waals surface area contributed by atoms with E-state index in [1.807, 2.05) is 0 Å². The molecule has 0 bridgehead atoms. The summed E-state index contributed by atoms with van der Waals surface area (Å²) in [4.78, 5) is -0.589. The summed E-state index contributed by atoms with van der Waals surface area (Å²) in [5.74, 6) is -1.31. The van der Waals surface area contributed by atoms with Gasteiger partial charge in [0.2, 0.25) is 10.0 Å². The fourth-order valence-corrected chi connectivity index (χ4v) is 3.61. The molecule has 1 aromatic carbocycles. The van der Waals surface area contributed by atoms with Crippen molar-refractivity contribution < 1.29 is 21.2 Å². The molecular weight excluding hydrogens is 375 g/mol. The molecule has 2 N–H and O–H groups in total. The number of hydrogen-bond acceptors (Lipinski definition) is 5. The molecular formula is C10H14BrFN2O4S2. The summed E-state index contributed by atoms with van der Waals surface area (Å²) in [5.41, 5.74) is 5.61. The van der Waals surface area contributed by atoms with E-state index in [4.69, 9.17) is 5.73 Å². The second-order valence-electron chi connectivity index (χ2n) is 4.26. The Morgan fingerprint density at radius 3 is 2.35 bits per heavy atom. The zero-order chi connectivity index (χ0) is 15.7. The average molecular weight is 389 g/mol. The Hall–Kier alpha value is -0.710. The monoisotopic (exact) mass is 388 g/mol. The van der Waals surface area contributed by atoms with Crippen LogP contribution in [-0.4, -0.2) is 46.7 Å². The van der Waals surface area contributed by atoms with E-state index in [9.17, 15) is 21.2 Å². The summed E-state index contributed by atoms with van der Waals surface area (Å²) in [6.45, 7) is -0.267. The molecule has 0 aliphatic carbocycles. The molecule has 0 amide bonds. The molecule has 0 saturated carbocycles. The number of nitrogen functional groups attached to an aromatic ring is 1. The summed E-state index contributed by atoms with van der Waals surface area (Å²) in [5, 5.41) is 0. The maximum Gasteiger partial charge on any atom is 0.245 e. The molecule has 114 valence electrons. The van der Waals surface area contributed by atoms with E-state index >= 15 is 0 Å². The number of sulfone groups is 1. The zero-order valence-corrected chi connectivity index (χ0v) is 14.0. The highest BCUT2D eigenvalue weighted by atomic mass is 79.9. The van der Waals surface area contributed by atoms with Crippen LogP contribution < -0.4 is 5.73 Å². The first-order chi connectivity index (χ1) is 8.95. The molecule has 0 unspecified atom stereocenters. The molecule has 1 rings (SSSR count). The van der Waals surface area contributed by atoms with Gasteiger partial charge in [0.1, 0.15) is 20.5 Å². The Labute approximate surface area is 125 Å². The van der Waals surface area contributed by atoms with E-state index in [1.54, 1.807) is 0 Å². The fourth-order valence-electron chi connectivity index (χ4n) is 1.32. The predicted octanol–water partition coefficient (Wildman–Crippen LogP) is 0.836. The van der Waals surface area contributed by atoms with Gasteiger partial charge in [-0.1, -0.05) is 0 Å². The van der Waals surface area contributed by atoms with Crippen LogP contribution in [0.5, 0.6) is 0 Å². The number of anilines is 1. The smallest absolute Gasteiger partial charge is 0.245 e. The molecule has 0 saturated heterocycles. The minimum atomic E-state index is -4.14. The van der Waals surface area contributed by atoms with Crippen molar-refractivity contribution in [2.45, 2.75) is 4.90 Å². The van der Waals surface area contributed by atoms with Crippen molar-refractivity contribution in [3.63, 3.8) is 0 Å². The Morgan fingerprint density at radius 1 is 1.30 bits per heavy atom.